The van der Waals surface area contributed by atoms with Crippen molar-refractivity contribution in [2.24, 2.45) is 0 Å². The van der Waals surface area contributed by atoms with E-state index in [9.17, 15) is 14.9 Å². The van der Waals surface area contributed by atoms with Crippen LogP contribution in [0.15, 0.2) is 17.7 Å². The molecule has 1 N–H and O–H groups in total. The Morgan fingerprint density at radius 3 is 2.35 bits per heavy atom. The highest BCUT2D eigenvalue weighted by atomic mass is 16.6. The number of benzene rings is 1. The SMILES string of the molecule is COc1cc(/C=C(/C#N)C(=O)NC(C)C)c([N+](=O)[O-])cc1OC. The van der Waals surface area contributed by atoms with E-state index in [1.165, 1.54) is 26.4 Å². The van der Waals surface area contributed by atoms with E-state index in [-0.39, 0.29) is 34.4 Å². The number of nitro benzene ring substituents is 1. The summed E-state index contributed by atoms with van der Waals surface area (Å²) in [6.45, 7) is 3.48. The van der Waals surface area contributed by atoms with Crippen molar-refractivity contribution in [1.29, 1.82) is 5.26 Å². The maximum Gasteiger partial charge on any atom is 0.280 e. The summed E-state index contributed by atoms with van der Waals surface area (Å²) in [6.07, 6.45) is 1.15. The third-order valence-corrected chi connectivity index (χ3v) is 2.81. The van der Waals surface area contributed by atoms with Crippen molar-refractivity contribution in [3.05, 3.63) is 33.4 Å². The fourth-order valence-electron chi connectivity index (χ4n) is 1.80. The Morgan fingerprint density at radius 1 is 1.35 bits per heavy atom. The molecule has 0 aliphatic carbocycles. The first-order chi connectivity index (χ1) is 10.8. The van der Waals surface area contributed by atoms with Crippen molar-refractivity contribution in [2.75, 3.05) is 14.2 Å². The van der Waals surface area contributed by atoms with E-state index in [2.05, 4.69) is 5.32 Å². The van der Waals surface area contributed by atoms with Gasteiger partial charge < -0.3 is 14.8 Å². The highest BCUT2D eigenvalue weighted by Crippen LogP contribution is 2.35. The number of amides is 1. The molecule has 0 bridgehead atoms. The van der Waals surface area contributed by atoms with Crippen molar-refractivity contribution < 1.29 is 19.2 Å². The Kier molecular flexibility index (Phi) is 6.09. The number of hydrogen-bond acceptors (Lipinski definition) is 6. The minimum absolute atomic E-state index is 0.0723. The summed E-state index contributed by atoms with van der Waals surface area (Å²) in [7, 11) is 2.74. The van der Waals surface area contributed by atoms with Crippen molar-refractivity contribution in [3.8, 4) is 17.6 Å². The van der Waals surface area contributed by atoms with Crippen LogP contribution in [-0.4, -0.2) is 31.1 Å². The summed E-state index contributed by atoms with van der Waals surface area (Å²) in [6, 6.07) is 4.10. The molecule has 0 atom stereocenters. The van der Waals surface area contributed by atoms with Crippen LogP contribution in [0.25, 0.3) is 6.08 Å². The van der Waals surface area contributed by atoms with Crippen LogP contribution in [0.5, 0.6) is 11.5 Å². The van der Waals surface area contributed by atoms with Crippen molar-refractivity contribution in [2.45, 2.75) is 19.9 Å². The highest BCUT2D eigenvalue weighted by molar-refractivity contribution is 6.02. The number of methoxy groups -OCH3 is 2. The number of ether oxygens (including phenoxy) is 2. The van der Waals surface area contributed by atoms with Crippen molar-refractivity contribution >= 4 is 17.7 Å². The van der Waals surface area contributed by atoms with Gasteiger partial charge in [0.05, 0.1) is 30.8 Å². The third-order valence-electron chi connectivity index (χ3n) is 2.81. The topological polar surface area (TPSA) is 114 Å². The van der Waals surface area contributed by atoms with Gasteiger partial charge in [-0.25, -0.2) is 0 Å². The maximum atomic E-state index is 11.9. The molecule has 23 heavy (non-hydrogen) atoms. The average molecular weight is 319 g/mol. The summed E-state index contributed by atoms with van der Waals surface area (Å²) in [5.41, 5.74) is -0.468. The first kappa shape index (κ1) is 18.0. The number of nitrogens with zero attached hydrogens (tertiary/aromatic N) is 2. The normalized spacial score (nSPS) is 10.9. The molecule has 122 valence electrons. The van der Waals surface area contributed by atoms with Crippen LogP contribution in [0.4, 0.5) is 5.69 Å². The molecule has 1 amide bonds. The standard InChI is InChI=1S/C15H17N3O5/c1-9(2)17-15(19)11(8-16)5-10-6-13(22-3)14(23-4)7-12(10)18(20)21/h5-7,9H,1-4H3,(H,17,19)/b11-5-. The number of rotatable bonds is 6. The van der Waals surface area contributed by atoms with E-state index in [4.69, 9.17) is 14.7 Å². The molecule has 0 fully saturated rings. The Morgan fingerprint density at radius 2 is 1.91 bits per heavy atom. The van der Waals surface area contributed by atoms with E-state index in [1.54, 1.807) is 19.9 Å². The molecule has 8 heteroatoms. The lowest BCUT2D eigenvalue weighted by Gasteiger charge is -2.10. The van der Waals surface area contributed by atoms with Gasteiger partial charge >= 0.3 is 0 Å². The Bertz CT molecular complexity index is 689. The predicted octanol–water partition coefficient (Wildman–Crippen LogP) is 2.04. The zero-order valence-corrected chi connectivity index (χ0v) is 13.2. The fraction of sp³-hybridized carbons (Fsp3) is 0.333. The van der Waals surface area contributed by atoms with Gasteiger partial charge in [0.2, 0.25) is 0 Å². The third kappa shape index (κ3) is 4.44. The van der Waals surface area contributed by atoms with Gasteiger partial charge in [-0.15, -0.1) is 0 Å². The lowest BCUT2D eigenvalue weighted by molar-refractivity contribution is -0.385. The van der Waals surface area contributed by atoms with Gasteiger partial charge in [0.15, 0.2) is 11.5 Å². The minimum Gasteiger partial charge on any atom is -0.493 e. The molecule has 0 saturated heterocycles. The number of nitriles is 1. The van der Waals surface area contributed by atoms with Gasteiger partial charge in [0.1, 0.15) is 11.6 Å². The highest BCUT2D eigenvalue weighted by Gasteiger charge is 2.20. The van der Waals surface area contributed by atoms with Gasteiger partial charge in [-0.3, -0.25) is 14.9 Å². The van der Waals surface area contributed by atoms with E-state index >= 15 is 0 Å². The quantitative estimate of drug-likeness (QED) is 0.371. The van der Waals surface area contributed by atoms with Gasteiger partial charge in [0, 0.05) is 6.04 Å². The Balaban J connectivity index is 3.45. The molecule has 1 aromatic rings. The summed E-state index contributed by atoms with van der Waals surface area (Å²) in [4.78, 5) is 22.5. The second kappa shape index (κ2) is 7.79. The molecule has 0 aliphatic rings. The summed E-state index contributed by atoms with van der Waals surface area (Å²) < 4.78 is 10.1. The Labute approximate surface area is 133 Å². The van der Waals surface area contributed by atoms with Crippen LogP contribution in [0.1, 0.15) is 19.4 Å². The van der Waals surface area contributed by atoms with Crippen LogP contribution in [0, 0.1) is 21.4 Å². The van der Waals surface area contributed by atoms with Crippen LogP contribution < -0.4 is 14.8 Å². The van der Waals surface area contributed by atoms with Crippen LogP contribution in [-0.2, 0) is 4.79 Å². The lowest BCUT2D eigenvalue weighted by atomic mass is 10.1. The first-order valence-corrected chi connectivity index (χ1v) is 6.67. The van der Waals surface area contributed by atoms with E-state index in [1.807, 2.05) is 0 Å². The number of carbonyl (C=O) groups excluding carboxylic acids is 1. The Hall–Kier alpha value is -3.08. The first-order valence-electron chi connectivity index (χ1n) is 6.67. The smallest absolute Gasteiger partial charge is 0.280 e. The number of nitrogens with one attached hydrogen (secondary N) is 1. The number of carbonyl (C=O) groups is 1. The van der Waals surface area contributed by atoms with E-state index < -0.39 is 10.8 Å². The second-order valence-corrected chi connectivity index (χ2v) is 4.82. The van der Waals surface area contributed by atoms with Crippen molar-refractivity contribution in [1.82, 2.24) is 5.32 Å². The molecule has 0 aliphatic heterocycles. The van der Waals surface area contributed by atoms with Crippen molar-refractivity contribution in [3.63, 3.8) is 0 Å². The molecule has 0 unspecified atom stereocenters. The fourth-order valence-corrected chi connectivity index (χ4v) is 1.80. The van der Waals surface area contributed by atoms with Gasteiger partial charge in [0.25, 0.3) is 11.6 Å². The zero-order valence-electron chi connectivity index (χ0n) is 13.2. The van der Waals surface area contributed by atoms with Gasteiger partial charge in [-0.05, 0) is 26.0 Å². The molecule has 1 aromatic carbocycles. The monoisotopic (exact) mass is 319 g/mol. The predicted molar refractivity (Wildman–Crippen MR) is 83.1 cm³/mol. The number of hydrogen-bond donors (Lipinski definition) is 1. The molecule has 8 nitrogen and oxygen atoms in total. The molecule has 1 rings (SSSR count). The van der Waals surface area contributed by atoms with E-state index in [0.29, 0.717) is 0 Å². The summed E-state index contributed by atoms with van der Waals surface area (Å²) in [5.74, 6) is -0.168. The average Bonchev–Trinajstić information content (AvgIpc) is 2.50. The second-order valence-electron chi connectivity index (χ2n) is 4.82. The minimum atomic E-state index is -0.622. The summed E-state index contributed by atoms with van der Waals surface area (Å²) in [5, 5.41) is 22.9. The molecule has 0 aromatic heterocycles. The largest absolute Gasteiger partial charge is 0.493 e. The van der Waals surface area contributed by atoms with Crippen LogP contribution in [0.2, 0.25) is 0 Å². The molecular formula is C15H17N3O5. The van der Waals surface area contributed by atoms with E-state index in [0.717, 1.165) is 6.08 Å². The van der Waals surface area contributed by atoms with Crippen LogP contribution in [0.3, 0.4) is 0 Å². The molecule has 0 saturated carbocycles. The number of nitro groups is 1. The van der Waals surface area contributed by atoms with Crippen LogP contribution >= 0.6 is 0 Å². The molecule has 0 heterocycles. The van der Waals surface area contributed by atoms with Gasteiger partial charge in [-0.1, -0.05) is 0 Å². The lowest BCUT2D eigenvalue weighted by Crippen LogP contribution is -2.30. The molecular weight excluding hydrogens is 302 g/mol. The molecule has 0 spiro atoms. The molecule has 0 radical (unpaired) electrons. The summed E-state index contributed by atoms with van der Waals surface area (Å²) >= 11 is 0. The zero-order chi connectivity index (χ0) is 17.6. The van der Waals surface area contributed by atoms with Gasteiger partial charge in [-0.2, -0.15) is 5.26 Å². The maximum absolute atomic E-state index is 11.9.